The van der Waals surface area contributed by atoms with E-state index in [1.165, 1.54) is 0 Å². The van der Waals surface area contributed by atoms with Gasteiger partial charge in [-0.15, -0.1) is 0 Å². The summed E-state index contributed by atoms with van der Waals surface area (Å²) in [6, 6.07) is 2.48. The molecular weight excluding hydrogens is 228 g/mol. The van der Waals surface area contributed by atoms with E-state index in [9.17, 15) is 0 Å². The van der Waals surface area contributed by atoms with Crippen molar-refractivity contribution in [3.05, 3.63) is 18.0 Å². The number of ether oxygens (including phenoxy) is 1. The largest absolute Gasteiger partial charge is 0.383 e. The highest BCUT2D eigenvalue weighted by molar-refractivity contribution is 5.23. The molecule has 18 heavy (non-hydrogen) atoms. The summed E-state index contributed by atoms with van der Waals surface area (Å²) in [4.78, 5) is 11.0. The number of anilines is 1. The molecule has 0 amide bonds. The molecule has 1 aromatic heterocycles. The van der Waals surface area contributed by atoms with Gasteiger partial charge in [0.15, 0.2) is 0 Å². The monoisotopic (exact) mass is 252 g/mol. The van der Waals surface area contributed by atoms with Crippen LogP contribution >= 0.6 is 0 Å². The zero-order valence-corrected chi connectivity index (χ0v) is 11.8. The summed E-state index contributed by atoms with van der Waals surface area (Å²) in [5.41, 5.74) is 1.03. The first-order valence-electron chi connectivity index (χ1n) is 6.43. The Hall–Kier alpha value is -1.20. The summed E-state index contributed by atoms with van der Waals surface area (Å²) >= 11 is 0. The van der Waals surface area contributed by atoms with Crippen molar-refractivity contribution in [2.45, 2.75) is 32.9 Å². The first kappa shape index (κ1) is 14.9. The van der Waals surface area contributed by atoms with Crippen molar-refractivity contribution in [2.75, 3.05) is 32.6 Å². The smallest absolute Gasteiger partial charge is 0.222 e. The van der Waals surface area contributed by atoms with Gasteiger partial charge in [-0.3, -0.25) is 4.90 Å². The number of rotatable bonds is 8. The minimum absolute atomic E-state index is 0.521. The second-order valence-electron chi connectivity index (χ2n) is 4.34. The maximum absolute atomic E-state index is 5.16. The summed E-state index contributed by atoms with van der Waals surface area (Å²) < 4.78 is 5.16. The zero-order valence-electron chi connectivity index (χ0n) is 11.8. The van der Waals surface area contributed by atoms with Crippen LogP contribution in [-0.4, -0.2) is 48.2 Å². The van der Waals surface area contributed by atoms with Gasteiger partial charge in [0.2, 0.25) is 5.95 Å². The summed E-state index contributed by atoms with van der Waals surface area (Å²) in [6.45, 7) is 6.92. The predicted octanol–water partition coefficient (Wildman–Crippen LogP) is 1.77. The fourth-order valence-corrected chi connectivity index (χ4v) is 1.73. The molecule has 5 heteroatoms. The van der Waals surface area contributed by atoms with Crippen molar-refractivity contribution >= 4 is 5.95 Å². The number of nitrogens with one attached hydrogen (secondary N) is 1. The van der Waals surface area contributed by atoms with Gasteiger partial charge in [0, 0.05) is 39.5 Å². The van der Waals surface area contributed by atoms with E-state index in [2.05, 4.69) is 34.0 Å². The molecule has 0 aliphatic rings. The normalized spacial score (nSPS) is 12.7. The lowest BCUT2D eigenvalue weighted by Crippen LogP contribution is -2.35. The SMILES string of the molecule is CCC(C)N(CCOC)Cc1ccnc(NC)n1. The molecule has 5 nitrogen and oxygen atoms in total. The molecular formula is C13H24N4O. The van der Waals surface area contributed by atoms with Gasteiger partial charge in [0.25, 0.3) is 0 Å². The molecule has 1 aromatic rings. The summed E-state index contributed by atoms with van der Waals surface area (Å²) in [5, 5.41) is 2.96. The second-order valence-corrected chi connectivity index (χ2v) is 4.34. The van der Waals surface area contributed by atoms with Gasteiger partial charge in [-0.2, -0.15) is 0 Å². The molecule has 0 fully saturated rings. The fourth-order valence-electron chi connectivity index (χ4n) is 1.73. The van der Waals surface area contributed by atoms with E-state index in [0.717, 1.165) is 31.8 Å². The standard InChI is InChI=1S/C13H24N4O/c1-5-11(2)17(8-9-18-4)10-12-6-7-15-13(14-3)16-12/h6-7,11H,5,8-10H2,1-4H3,(H,14,15,16). The van der Waals surface area contributed by atoms with Crippen LogP contribution in [0.2, 0.25) is 0 Å². The Bertz CT molecular complexity index is 346. The lowest BCUT2D eigenvalue weighted by atomic mass is 10.2. The molecule has 0 aliphatic carbocycles. The Labute approximate surface area is 110 Å². The maximum atomic E-state index is 5.16. The highest BCUT2D eigenvalue weighted by Crippen LogP contribution is 2.09. The van der Waals surface area contributed by atoms with Crippen LogP contribution in [0.1, 0.15) is 26.0 Å². The van der Waals surface area contributed by atoms with E-state index in [4.69, 9.17) is 4.74 Å². The van der Waals surface area contributed by atoms with Gasteiger partial charge in [0.05, 0.1) is 12.3 Å². The van der Waals surface area contributed by atoms with Crippen molar-refractivity contribution in [1.29, 1.82) is 0 Å². The van der Waals surface area contributed by atoms with Crippen LogP contribution in [0.5, 0.6) is 0 Å². The molecule has 1 heterocycles. The number of hydrogen-bond donors (Lipinski definition) is 1. The van der Waals surface area contributed by atoms with E-state index >= 15 is 0 Å². The fraction of sp³-hybridized carbons (Fsp3) is 0.692. The van der Waals surface area contributed by atoms with Crippen molar-refractivity contribution in [2.24, 2.45) is 0 Å². The van der Waals surface area contributed by atoms with Gasteiger partial charge < -0.3 is 10.1 Å². The lowest BCUT2D eigenvalue weighted by Gasteiger charge is -2.27. The molecule has 1 atom stereocenters. The third-order valence-corrected chi connectivity index (χ3v) is 3.10. The van der Waals surface area contributed by atoms with E-state index < -0.39 is 0 Å². The molecule has 0 radical (unpaired) electrons. The first-order valence-corrected chi connectivity index (χ1v) is 6.43. The van der Waals surface area contributed by atoms with Crippen LogP contribution in [0.4, 0.5) is 5.95 Å². The van der Waals surface area contributed by atoms with Gasteiger partial charge in [-0.05, 0) is 19.4 Å². The second kappa shape index (κ2) is 8.00. The van der Waals surface area contributed by atoms with Gasteiger partial charge >= 0.3 is 0 Å². The topological polar surface area (TPSA) is 50.3 Å². The number of methoxy groups -OCH3 is 1. The molecule has 0 aromatic carbocycles. The van der Waals surface area contributed by atoms with Gasteiger partial charge in [-0.1, -0.05) is 6.92 Å². The van der Waals surface area contributed by atoms with Crippen molar-refractivity contribution < 1.29 is 4.74 Å². The van der Waals surface area contributed by atoms with E-state index in [0.29, 0.717) is 12.0 Å². The molecule has 0 saturated carbocycles. The van der Waals surface area contributed by atoms with Gasteiger partial charge in [-0.25, -0.2) is 9.97 Å². The van der Waals surface area contributed by atoms with Crippen LogP contribution in [0, 0.1) is 0 Å². The van der Waals surface area contributed by atoms with E-state index in [-0.39, 0.29) is 0 Å². The Morgan fingerprint density at radius 3 is 2.89 bits per heavy atom. The number of aromatic nitrogens is 2. The maximum Gasteiger partial charge on any atom is 0.222 e. The molecule has 1 N–H and O–H groups in total. The van der Waals surface area contributed by atoms with Gasteiger partial charge in [0.1, 0.15) is 0 Å². The minimum atomic E-state index is 0.521. The van der Waals surface area contributed by atoms with Crippen LogP contribution in [0.25, 0.3) is 0 Å². The highest BCUT2D eigenvalue weighted by atomic mass is 16.5. The molecule has 1 rings (SSSR count). The number of hydrogen-bond acceptors (Lipinski definition) is 5. The zero-order chi connectivity index (χ0) is 13.4. The van der Waals surface area contributed by atoms with Crippen LogP contribution in [0.15, 0.2) is 12.3 Å². The van der Waals surface area contributed by atoms with Crippen LogP contribution in [-0.2, 0) is 11.3 Å². The van der Waals surface area contributed by atoms with Crippen LogP contribution in [0.3, 0.4) is 0 Å². The average molecular weight is 252 g/mol. The third-order valence-electron chi connectivity index (χ3n) is 3.10. The third kappa shape index (κ3) is 4.58. The average Bonchev–Trinajstić information content (AvgIpc) is 2.42. The summed E-state index contributed by atoms with van der Waals surface area (Å²) in [5.74, 6) is 0.670. The highest BCUT2D eigenvalue weighted by Gasteiger charge is 2.13. The Balaban J connectivity index is 2.68. The predicted molar refractivity (Wildman–Crippen MR) is 73.6 cm³/mol. The quantitative estimate of drug-likeness (QED) is 0.764. The molecule has 0 saturated heterocycles. The summed E-state index contributed by atoms with van der Waals surface area (Å²) in [7, 11) is 3.56. The lowest BCUT2D eigenvalue weighted by molar-refractivity contribution is 0.117. The van der Waals surface area contributed by atoms with Crippen molar-refractivity contribution in [3.63, 3.8) is 0 Å². The molecule has 0 spiro atoms. The Morgan fingerprint density at radius 1 is 1.50 bits per heavy atom. The van der Waals surface area contributed by atoms with E-state index in [1.807, 2.05) is 13.1 Å². The molecule has 0 bridgehead atoms. The molecule has 102 valence electrons. The first-order chi connectivity index (χ1) is 8.71. The Kier molecular flexibility index (Phi) is 6.60. The molecule has 1 unspecified atom stereocenters. The van der Waals surface area contributed by atoms with Crippen molar-refractivity contribution in [3.8, 4) is 0 Å². The number of nitrogens with zero attached hydrogens (tertiary/aromatic N) is 3. The minimum Gasteiger partial charge on any atom is -0.383 e. The van der Waals surface area contributed by atoms with Crippen molar-refractivity contribution in [1.82, 2.24) is 14.9 Å². The molecule has 0 aliphatic heterocycles. The Morgan fingerprint density at radius 2 is 2.28 bits per heavy atom. The van der Waals surface area contributed by atoms with E-state index in [1.54, 1.807) is 13.3 Å². The van der Waals surface area contributed by atoms with Crippen LogP contribution < -0.4 is 5.32 Å². The summed E-state index contributed by atoms with van der Waals surface area (Å²) in [6.07, 6.45) is 2.91.